The van der Waals surface area contributed by atoms with E-state index in [1.54, 1.807) is 7.11 Å². The standard InChI is InChI=1S/C23H25N3O3.ClH/c1-29-19-12-10-17(11-13-19)16-26(14-6-3-7-15-26)21-20(22(27)25-23(21)28)24-18-8-4-2-5-9-18;/h2,4-5,8-13H,3,6-7,14-16H2,1H3,(H-,24,25,27,28);1H. The topological polar surface area (TPSA) is 67.4 Å². The van der Waals surface area contributed by atoms with Crippen molar-refractivity contribution in [1.29, 1.82) is 0 Å². The molecule has 0 radical (unpaired) electrons. The third kappa shape index (κ3) is 4.35. The fourth-order valence-electron chi connectivity index (χ4n) is 4.34. The second-order valence-electron chi connectivity index (χ2n) is 7.66. The first-order valence-electron chi connectivity index (χ1n) is 10.0. The number of imide groups is 1. The Morgan fingerprint density at radius 1 is 0.933 bits per heavy atom. The van der Waals surface area contributed by atoms with Gasteiger partial charge < -0.3 is 22.5 Å². The van der Waals surface area contributed by atoms with Crippen LogP contribution in [0.25, 0.3) is 0 Å². The van der Waals surface area contributed by atoms with Gasteiger partial charge in [-0.05, 0) is 55.7 Å². The Labute approximate surface area is 182 Å². The zero-order valence-electron chi connectivity index (χ0n) is 17.0. The fourth-order valence-corrected chi connectivity index (χ4v) is 4.34. The summed E-state index contributed by atoms with van der Waals surface area (Å²) >= 11 is 0. The molecule has 2 aromatic carbocycles. The highest BCUT2D eigenvalue weighted by atomic mass is 35.5. The summed E-state index contributed by atoms with van der Waals surface area (Å²) < 4.78 is 5.75. The number of nitrogens with one attached hydrogen (secondary N) is 2. The van der Waals surface area contributed by atoms with Crippen molar-refractivity contribution in [3.63, 3.8) is 0 Å². The molecule has 2 aliphatic heterocycles. The molecule has 1 saturated heterocycles. The quantitative estimate of drug-likeness (QED) is 0.510. The number of carbonyl (C=O) groups is 2. The third-order valence-corrected chi connectivity index (χ3v) is 5.74. The van der Waals surface area contributed by atoms with Crippen LogP contribution in [0.3, 0.4) is 0 Å². The molecular weight excluding hydrogens is 402 g/mol. The van der Waals surface area contributed by atoms with Crippen LogP contribution in [0.2, 0.25) is 0 Å². The van der Waals surface area contributed by atoms with E-state index in [2.05, 4.69) is 10.6 Å². The van der Waals surface area contributed by atoms with Crippen molar-refractivity contribution in [2.24, 2.45) is 0 Å². The van der Waals surface area contributed by atoms with Crippen molar-refractivity contribution >= 4 is 17.5 Å². The maximum Gasteiger partial charge on any atom is 0.314 e. The summed E-state index contributed by atoms with van der Waals surface area (Å²) in [7, 11) is 1.65. The average molecular weight is 428 g/mol. The van der Waals surface area contributed by atoms with E-state index in [1.807, 2.05) is 54.6 Å². The number of hydrogen-bond donors (Lipinski definition) is 2. The Balaban J connectivity index is 0.00000256. The molecule has 2 amide bonds. The van der Waals surface area contributed by atoms with E-state index >= 15 is 0 Å². The number of amides is 2. The molecule has 158 valence electrons. The highest BCUT2D eigenvalue weighted by Gasteiger charge is 2.47. The van der Waals surface area contributed by atoms with Gasteiger partial charge in [-0.3, -0.25) is 19.4 Å². The Morgan fingerprint density at radius 3 is 2.23 bits per heavy atom. The van der Waals surface area contributed by atoms with Gasteiger partial charge in [0, 0.05) is 11.3 Å². The van der Waals surface area contributed by atoms with E-state index in [9.17, 15) is 9.59 Å². The molecular formula is C23H26ClN3O3. The van der Waals surface area contributed by atoms with E-state index in [-0.39, 0.29) is 24.2 Å². The molecule has 0 aromatic heterocycles. The average Bonchev–Trinajstić information content (AvgIpc) is 3.03. The maximum atomic E-state index is 12.9. The fraction of sp³-hybridized carbons (Fsp3) is 0.304. The SMILES string of the molecule is COc1ccc(C[N+]2(C3=C(Nc4ccccc4)C(=O)NC3=O)CCCCC2)cc1.[Cl-]. The maximum absolute atomic E-state index is 12.9. The van der Waals surface area contributed by atoms with Crippen LogP contribution in [0.4, 0.5) is 5.69 Å². The lowest BCUT2D eigenvalue weighted by Gasteiger charge is -2.41. The second-order valence-corrected chi connectivity index (χ2v) is 7.66. The van der Waals surface area contributed by atoms with Crippen LogP contribution >= 0.6 is 0 Å². The molecule has 0 atom stereocenters. The van der Waals surface area contributed by atoms with Crippen molar-refractivity contribution in [2.45, 2.75) is 25.8 Å². The number of methoxy groups -OCH3 is 1. The van der Waals surface area contributed by atoms with Crippen molar-refractivity contribution < 1.29 is 31.2 Å². The van der Waals surface area contributed by atoms with Gasteiger partial charge in [0.25, 0.3) is 5.91 Å². The van der Waals surface area contributed by atoms with E-state index in [1.165, 1.54) is 0 Å². The zero-order valence-corrected chi connectivity index (χ0v) is 17.7. The van der Waals surface area contributed by atoms with Crippen LogP contribution in [-0.2, 0) is 16.1 Å². The molecule has 0 spiro atoms. The number of benzene rings is 2. The van der Waals surface area contributed by atoms with Crippen molar-refractivity contribution in [2.75, 3.05) is 25.5 Å². The first-order valence-corrected chi connectivity index (χ1v) is 10.0. The molecule has 0 unspecified atom stereocenters. The van der Waals surface area contributed by atoms with Crippen LogP contribution < -0.4 is 27.8 Å². The van der Waals surface area contributed by atoms with Gasteiger partial charge in [0.1, 0.15) is 12.3 Å². The normalized spacial score (nSPS) is 17.9. The first kappa shape index (κ1) is 21.9. The molecule has 2 N–H and O–H groups in total. The molecule has 1 fully saturated rings. The summed E-state index contributed by atoms with van der Waals surface area (Å²) in [5.41, 5.74) is 2.84. The van der Waals surface area contributed by atoms with Gasteiger partial charge in [-0.2, -0.15) is 0 Å². The minimum Gasteiger partial charge on any atom is -1.00 e. The van der Waals surface area contributed by atoms with Gasteiger partial charge in [-0.1, -0.05) is 18.2 Å². The lowest BCUT2D eigenvalue weighted by atomic mass is 10.0. The molecule has 0 saturated carbocycles. The number of hydrogen-bond acceptors (Lipinski definition) is 4. The van der Waals surface area contributed by atoms with Crippen molar-refractivity contribution in [1.82, 2.24) is 5.32 Å². The lowest BCUT2D eigenvalue weighted by Crippen LogP contribution is -3.00. The molecule has 6 nitrogen and oxygen atoms in total. The second kappa shape index (κ2) is 9.32. The zero-order chi connectivity index (χ0) is 20.3. The van der Waals surface area contributed by atoms with Crippen LogP contribution in [0.5, 0.6) is 5.75 Å². The van der Waals surface area contributed by atoms with Crippen LogP contribution in [0.15, 0.2) is 66.0 Å². The van der Waals surface area contributed by atoms with Crippen LogP contribution in [0, 0.1) is 0 Å². The first-order chi connectivity index (χ1) is 14.1. The van der Waals surface area contributed by atoms with Crippen molar-refractivity contribution in [3.8, 4) is 5.75 Å². The van der Waals surface area contributed by atoms with Crippen molar-refractivity contribution in [3.05, 3.63) is 71.6 Å². The highest BCUT2D eigenvalue weighted by Crippen LogP contribution is 2.34. The number of piperidine rings is 1. The molecule has 0 bridgehead atoms. The minimum atomic E-state index is -0.355. The Bertz CT molecular complexity index is 936. The van der Waals surface area contributed by atoms with Gasteiger partial charge in [0.05, 0.1) is 20.2 Å². The van der Waals surface area contributed by atoms with Crippen LogP contribution in [0.1, 0.15) is 24.8 Å². The van der Waals surface area contributed by atoms with E-state index < -0.39 is 0 Å². The van der Waals surface area contributed by atoms with Gasteiger partial charge in [0.15, 0.2) is 5.70 Å². The Hall–Kier alpha value is -2.83. The highest BCUT2D eigenvalue weighted by molar-refractivity contribution is 6.19. The Kier molecular flexibility index (Phi) is 6.80. The van der Waals surface area contributed by atoms with E-state index in [4.69, 9.17) is 4.74 Å². The summed E-state index contributed by atoms with van der Waals surface area (Å²) in [6.45, 7) is 2.34. The van der Waals surface area contributed by atoms with Gasteiger partial charge >= 0.3 is 5.91 Å². The number of anilines is 1. The lowest BCUT2D eigenvalue weighted by molar-refractivity contribution is -0.905. The number of para-hydroxylation sites is 1. The number of ether oxygens (including phenoxy) is 1. The molecule has 2 aromatic rings. The van der Waals surface area contributed by atoms with E-state index in [0.29, 0.717) is 22.4 Å². The molecule has 7 heteroatoms. The van der Waals surface area contributed by atoms with Gasteiger partial charge in [-0.15, -0.1) is 0 Å². The smallest absolute Gasteiger partial charge is 0.314 e. The predicted molar refractivity (Wildman–Crippen MR) is 111 cm³/mol. The molecule has 0 aliphatic carbocycles. The number of carbonyl (C=O) groups excluding carboxylic acids is 2. The monoisotopic (exact) mass is 427 g/mol. The molecule has 2 aliphatic rings. The number of quaternary nitrogens is 1. The number of nitrogens with zero attached hydrogens (tertiary/aromatic N) is 1. The number of likely N-dealkylation sites (tertiary alicyclic amines) is 1. The summed E-state index contributed by atoms with van der Waals surface area (Å²) in [6.07, 6.45) is 3.20. The molecule has 4 rings (SSSR count). The molecule has 2 heterocycles. The van der Waals surface area contributed by atoms with Crippen LogP contribution in [-0.4, -0.2) is 36.5 Å². The molecule has 30 heavy (non-hydrogen) atoms. The number of rotatable bonds is 6. The third-order valence-electron chi connectivity index (χ3n) is 5.74. The predicted octanol–water partition coefficient (Wildman–Crippen LogP) is 0.180. The largest absolute Gasteiger partial charge is 1.00 e. The van der Waals surface area contributed by atoms with Gasteiger partial charge in [-0.25, -0.2) is 0 Å². The number of halogens is 1. The van der Waals surface area contributed by atoms with Gasteiger partial charge in [0.2, 0.25) is 5.70 Å². The summed E-state index contributed by atoms with van der Waals surface area (Å²) in [6, 6.07) is 17.5. The Morgan fingerprint density at radius 2 is 1.60 bits per heavy atom. The van der Waals surface area contributed by atoms with E-state index in [0.717, 1.165) is 49.4 Å². The summed E-state index contributed by atoms with van der Waals surface area (Å²) in [5, 5.41) is 5.72. The summed E-state index contributed by atoms with van der Waals surface area (Å²) in [4.78, 5) is 25.6. The summed E-state index contributed by atoms with van der Waals surface area (Å²) in [5.74, 6) is 0.161. The minimum absolute atomic E-state index is 0.